The van der Waals surface area contributed by atoms with Crippen molar-refractivity contribution in [3.8, 4) is 5.75 Å². The molecule has 4 rings (SSSR count). The Kier molecular flexibility index (Phi) is 4.86. The molecule has 1 aliphatic heterocycles. The van der Waals surface area contributed by atoms with Gasteiger partial charge in [-0.1, -0.05) is 62.4 Å². The van der Waals surface area contributed by atoms with E-state index in [-0.39, 0.29) is 16.7 Å². The maximum absolute atomic E-state index is 11.3. The van der Waals surface area contributed by atoms with Crippen LogP contribution in [-0.2, 0) is 5.41 Å². The SMILES string of the molecule is CCN1C(=CC=Cc2ccc(O)c(C(=O)O)c2)C(C)(C)c2c1ccc1ccccc21. The molecule has 3 aromatic carbocycles. The number of nitrogens with zero attached hydrogens (tertiary/aromatic N) is 1. The van der Waals surface area contributed by atoms with Crippen LogP contribution in [0.3, 0.4) is 0 Å². The molecule has 0 fully saturated rings. The summed E-state index contributed by atoms with van der Waals surface area (Å²) in [7, 11) is 0. The van der Waals surface area contributed by atoms with Crippen molar-refractivity contribution in [2.45, 2.75) is 26.2 Å². The van der Waals surface area contributed by atoms with Gasteiger partial charge in [-0.15, -0.1) is 0 Å². The van der Waals surface area contributed by atoms with E-state index >= 15 is 0 Å². The molecule has 2 N–H and O–H groups in total. The minimum Gasteiger partial charge on any atom is -0.507 e. The summed E-state index contributed by atoms with van der Waals surface area (Å²) in [5.41, 5.74) is 4.23. The molecule has 1 heterocycles. The van der Waals surface area contributed by atoms with Gasteiger partial charge in [0, 0.05) is 23.3 Å². The van der Waals surface area contributed by atoms with E-state index in [1.165, 1.54) is 39.9 Å². The second-order valence-corrected chi connectivity index (χ2v) is 8.04. The van der Waals surface area contributed by atoms with Crippen molar-refractivity contribution in [2.75, 3.05) is 11.4 Å². The van der Waals surface area contributed by atoms with Crippen molar-refractivity contribution < 1.29 is 15.0 Å². The normalized spacial score (nSPS) is 16.5. The largest absolute Gasteiger partial charge is 0.507 e. The summed E-state index contributed by atoms with van der Waals surface area (Å²) in [6, 6.07) is 17.5. The predicted octanol–water partition coefficient (Wildman–Crippen LogP) is 5.96. The Labute approximate surface area is 176 Å². The summed E-state index contributed by atoms with van der Waals surface area (Å²) < 4.78 is 0. The number of likely N-dealkylation sites (N-methyl/N-ethyl adjacent to an activating group) is 1. The zero-order valence-electron chi connectivity index (χ0n) is 17.4. The molecule has 4 heteroatoms. The third kappa shape index (κ3) is 3.14. The first kappa shape index (κ1) is 19.8. The van der Waals surface area contributed by atoms with E-state index in [4.69, 9.17) is 0 Å². The molecule has 152 valence electrons. The highest BCUT2D eigenvalue weighted by molar-refractivity contribution is 5.95. The minimum atomic E-state index is -1.14. The van der Waals surface area contributed by atoms with Gasteiger partial charge in [0.2, 0.25) is 0 Å². The second-order valence-electron chi connectivity index (χ2n) is 8.04. The van der Waals surface area contributed by atoms with Crippen LogP contribution in [0, 0.1) is 0 Å². The highest BCUT2D eigenvalue weighted by Gasteiger charge is 2.40. The lowest BCUT2D eigenvalue weighted by Crippen LogP contribution is -2.25. The summed E-state index contributed by atoms with van der Waals surface area (Å²) in [5, 5.41) is 21.4. The minimum absolute atomic E-state index is 0.0972. The molecule has 30 heavy (non-hydrogen) atoms. The molecule has 1 aliphatic rings. The van der Waals surface area contributed by atoms with E-state index in [1.807, 2.05) is 12.2 Å². The molecule has 0 atom stereocenters. The van der Waals surface area contributed by atoms with Gasteiger partial charge in [-0.25, -0.2) is 4.79 Å². The fraction of sp³-hybridized carbons (Fsp3) is 0.192. The van der Waals surface area contributed by atoms with Crippen molar-refractivity contribution in [3.05, 3.63) is 89.1 Å². The lowest BCUT2D eigenvalue weighted by molar-refractivity contribution is 0.0693. The van der Waals surface area contributed by atoms with Crippen molar-refractivity contribution in [1.29, 1.82) is 0 Å². The summed E-state index contributed by atoms with van der Waals surface area (Å²) in [6.45, 7) is 7.50. The van der Waals surface area contributed by atoms with Gasteiger partial charge in [-0.3, -0.25) is 0 Å². The van der Waals surface area contributed by atoms with Crippen molar-refractivity contribution in [2.24, 2.45) is 0 Å². The van der Waals surface area contributed by atoms with Gasteiger partial charge >= 0.3 is 5.97 Å². The van der Waals surface area contributed by atoms with Gasteiger partial charge in [0.1, 0.15) is 11.3 Å². The molecule has 0 saturated carbocycles. The molecule has 4 nitrogen and oxygen atoms in total. The molecule has 0 bridgehead atoms. The van der Waals surface area contributed by atoms with E-state index < -0.39 is 5.97 Å². The van der Waals surface area contributed by atoms with Gasteiger partial charge in [0.25, 0.3) is 0 Å². The number of hydrogen-bond donors (Lipinski definition) is 2. The van der Waals surface area contributed by atoms with Crippen molar-refractivity contribution in [3.63, 3.8) is 0 Å². The smallest absolute Gasteiger partial charge is 0.339 e. The Morgan fingerprint density at radius 1 is 1.10 bits per heavy atom. The van der Waals surface area contributed by atoms with Crippen LogP contribution in [0.4, 0.5) is 5.69 Å². The maximum Gasteiger partial charge on any atom is 0.339 e. The number of carbonyl (C=O) groups is 1. The molecule has 3 aromatic rings. The number of rotatable bonds is 4. The van der Waals surface area contributed by atoms with Crippen LogP contribution >= 0.6 is 0 Å². The Morgan fingerprint density at radius 3 is 2.60 bits per heavy atom. The lowest BCUT2D eigenvalue weighted by Gasteiger charge is -2.26. The number of carboxylic acids is 1. The lowest BCUT2D eigenvalue weighted by atomic mass is 9.81. The monoisotopic (exact) mass is 399 g/mol. The van der Waals surface area contributed by atoms with Crippen LogP contribution < -0.4 is 4.90 Å². The second kappa shape index (κ2) is 7.38. The summed E-state index contributed by atoms with van der Waals surface area (Å²) >= 11 is 0. The number of aromatic hydroxyl groups is 1. The molecule has 0 spiro atoms. The van der Waals surface area contributed by atoms with Gasteiger partial charge in [0.05, 0.1) is 0 Å². The summed E-state index contributed by atoms with van der Waals surface area (Å²) in [6.07, 6.45) is 5.92. The summed E-state index contributed by atoms with van der Waals surface area (Å²) in [5.74, 6) is -1.37. The molecular weight excluding hydrogens is 374 g/mol. The first-order valence-corrected chi connectivity index (χ1v) is 10.1. The number of allylic oxidation sites excluding steroid dienone is 3. The number of hydrogen-bond acceptors (Lipinski definition) is 3. The van der Waals surface area contributed by atoms with Crippen LogP contribution in [0.1, 0.15) is 42.3 Å². The van der Waals surface area contributed by atoms with E-state index in [0.29, 0.717) is 0 Å². The Bertz CT molecular complexity index is 1200. The fourth-order valence-corrected chi connectivity index (χ4v) is 4.46. The highest BCUT2D eigenvalue weighted by Crippen LogP contribution is 2.50. The maximum atomic E-state index is 11.3. The summed E-state index contributed by atoms with van der Waals surface area (Å²) in [4.78, 5) is 13.6. The number of aromatic carboxylic acids is 1. The van der Waals surface area contributed by atoms with Gasteiger partial charge in [0.15, 0.2) is 0 Å². The van der Waals surface area contributed by atoms with Gasteiger partial charge in [-0.05, 0) is 53.1 Å². The van der Waals surface area contributed by atoms with E-state index in [1.54, 1.807) is 6.07 Å². The molecule has 0 amide bonds. The van der Waals surface area contributed by atoms with Crippen LogP contribution in [0.2, 0.25) is 0 Å². The van der Waals surface area contributed by atoms with Crippen LogP contribution in [0.25, 0.3) is 16.8 Å². The Hall–Kier alpha value is -3.53. The number of fused-ring (bicyclic) bond motifs is 3. The molecular formula is C26H25NO3. The average Bonchev–Trinajstić information content (AvgIpc) is 2.95. The van der Waals surface area contributed by atoms with Crippen LogP contribution in [-0.4, -0.2) is 22.7 Å². The average molecular weight is 399 g/mol. The van der Waals surface area contributed by atoms with E-state index in [0.717, 1.165) is 12.1 Å². The van der Waals surface area contributed by atoms with Gasteiger partial charge in [-0.2, -0.15) is 0 Å². The fourth-order valence-electron chi connectivity index (χ4n) is 4.46. The predicted molar refractivity (Wildman–Crippen MR) is 122 cm³/mol. The zero-order chi connectivity index (χ0) is 21.5. The van der Waals surface area contributed by atoms with Crippen molar-refractivity contribution in [1.82, 2.24) is 0 Å². The van der Waals surface area contributed by atoms with E-state index in [2.05, 4.69) is 68.1 Å². The zero-order valence-corrected chi connectivity index (χ0v) is 17.4. The first-order chi connectivity index (χ1) is 14.3. The number of carboxylic acid groups (broad SMARTS) is 1. The quantitative estimate of drug-likeness (QED) is 0.568. The standard InChI is InChI=1S/C26H25NO3/c1-4-27-21-14-13-18-9-5-6-10-19(18)24(21)26(2,3)23(27)11-7-8-17-12-15-22(28)20(16-17)25(29)30/h5-16,28H,4H2,1-3H3,(H,29,30). The Balaban J connectivity index is 1.76. The third-order valence-electron chi connectivity index (χ3n) is 5.86. The molecule has 0 radical (unpaired) electrons. The molecule has 0 unspecified atom stereocenters. The van der Waals surface area contributed by atoms with E-state index in [9.17, 15) is 15.0 Å². The van der Waals surface area contributed by atoms with Gasteiger partial charge < -0.3 is 15.1 Å². The number of anilines is 1. The third-order valence-corrected chi connectivity index (χ3v) is 5.86. The molecule has 0 aromatic heterocycles. The first-order valence-electron chi connectivity index (χ1n) is 10.1. The number of phenols is 1. The van der Waals surface area contributed by atoms with Crippen LogP contribution in [0.5, 0.6) is 5.75 Å². The molecule has 0 saturated heterocycles. The topological polar surface area (TPSA) is 60.8 Å². The highest BCUT2D eigenvalue weighted by atomic mass is 16.4. The van der Waals surface area contributed by atoms with Crippen molar-refractivity contribution >= 4 is 28.5 Å². The van der Waals surface area contributed by atoms with Crippen LogP contribution in [0.15, 0.2) is 72.4 Å². The Morgan fingerprint density at radius 2 is 1.87 bits per heavy atom. The molecule has 0 aliphatic carbocycles. The number of benzene rings is 3.